The number of aromatic nitrogens is 2. The number of para-hydroxylation sites is 4. The highest BCUT2D eigenvalue weighted by Crippen LogP contribution is 2.42. The van der Waals surface area contributed by atoms with Crippen LogP contribution in [0.25, 0.3) is 55.0 Å². The first-order chi connectivity index (χ1) is 21.7. The summed E-state index contributed by atoms with van der Waals surface area (Å²) in [4.78, 5) is 0. The second-order valence-electron chi connectivity index (χ2n) is 11.2. The van der Waals surface area contributed by atoms with E-state index < -0.39 is 0 Å². The van der Waals surface area contributed by atoms with Gasteiger partial charge < -0.3 is 9.13 Å². The first-order valence-electron chi connectivity index (χ1n) is 14.8. The fourth-order valence-electron chi connectivity index (χ4n) is 6.68. The molecule has 3 nitrogen and oxygen atoms in total. The highest BCUT2D eigenvalue weighted by atomic mass is 15.1. The van der Waals surface area contributed by atoms with Crippen LogP contribution in [0.2, 0.25) is 0 Å². The van der Waals surface area contributed by atoms with Gasteiger partial charge in [-0.05, 0) is 61.4 Å². The standard InChI is InChI=1S/C41H27N3/c1-27-28(2)35(26-42)41(44-38-22-12-8-18-33(38)34-19-9-13-23-39(34)44)40(30(27)25-24-29-14-4-3-5-15-29)43-36-20-10-6-16-31(36)32-17-7-11-21-37(32)43/h3-23H,1-2H3. The molecule has 0 radical (unpaired) electrons. The van der Waals surface area contributed by atoms with Crippen molar-refractivity contribution in [1.29, 1.82) is 5.26 Å². The summed E-state index contributed by atoms with van der Waals surface area (Å²) in [6.07, 6.45) is 0. The van der Waals surface area contributed by atoms with Crippen molar-refractivity contribution in [2.24, 2.45) is 0 Å². The maximum atomic E-state index is 10.9. The largest absolute Gasteiger partial charge is 0.306 e. The molecule has 0 fully saturated rings. The van der Waals surface area contributed by atoms with E-state index in [0.29, 0.717) is 5.56 Å². The molecule has 0 spiro atoms. The van der Waals surface area contributed by atoms with E-state index in [1.165, 1.54) is 0 Å². The zero-order chi connectivity index (χ0) is 29.8. The first-order valence-corrected chi connectivity index (χ1v) is 14.8. The molecule has 0 saturated heterocycles. The number of hydrogen-bond donors (Lipinski definition) is 0. The second-order valence-corrected chi connectivity index (χ2v) is 11.2. The maximum absolute atomic E-state index is 10.9. The fraction of sp³-hybridized carbons (Fsp3) is 0.0488. The molecule has 0 amide bonds. The molecule has 6 aromatic carbocycles. The van der Waals surface area contributed by atoms with Gasteiger partial charge in [0.15, 0.2) is 0 Å². The van der Waals surface area contributed by atoms with Crippen molar-refractivity contribution in [1.82, 2.24) is 9.13 Å². The van der Waals surface area contributed by atoms with Gasteiger partial charge in [-0.3, -0.25) is 0 Å². The summed E-state index contributed by atoms with van der Waals surface area (Å²) < 4.78 is 4.61. The van der Waals surface area contributed by atoms with E-state index in [9.17, 15) is 5.26 Å². The van der Waals surface area contributed by atoms with E-state index in [0.717, 1.165) is 77.2 Å². The normalized spacial score (nSPS) is 11.2. The Morgan fingerprint density at radius 3 is 1.23 bits per heavy atom. The summed E-state index contributed by atoms with van der Waals surface area (Å²) in [5, 5.41) is 15.5. The quantitative estimate of drug-likeness (QED) is 0.193. The first kappa shape index (κ1) is 25.7. The lowest BCUT2D eigenvalue weighted by atomic mass is 9.93. The maximum Gasteiger partial charge on any atom is 0.102 e. The van der Waals surface area contributed by atoms with Gasteiger partial charge >= 0.3 is 0 Å². The Balaban J connectivity index is 1.65. The van der Waals surface area contributed by atoms with Crippen molar-refractivity contribution in [3.8, 4) is 29.3 Å². The predicted octanol–water partition coefficient (Wildman–Crippen LogP) is 9.77. The molecule has 8 aromatic rings. The number of hydrogen-bond acceptors (Lipinski definition) is 1. The Hall–Kier alpha value is -6.03. The summed E-state index contributed by atoms with van der Waals surface area (Å²) in [7, 11) is 0. The molecule has 2 aromatic heterocycles. The molecule has 0 aliphatic rings. The molecule has 0 saturated carbocycles. The summed E-state index contributed by atoms with van der Waals surface area (Å²) in [5.41, 5.74) is 10.5. The van der Waals surface area contributed by atoms with Crippen molar-refractivity contribution in [3.05, 3.63) is 155 Å². The topological polar surface area (TPSA) is 33.6 Å². The Morgan fingerprint density at radius 2 is 0.795 bits per heavy atom. The molecular weight excluding hydrogens is 534 g/mol. The zero-order valence-corrected chi connectivity index (χ0v) is 24.5. The molecule has 44 heavy (non-hydrogen) atoms. The Bertz CT molecular complexity index is 2420. The van der Waals surface area contributed by atoms with Gasteiger partial charge in [0.2, 0.25) is 0 Å². The molecule has 2 heterocycles. The van der Waals surface area contributed by atoms with Gasteiger partial charge in [-0.1, -0.05) is 103 Å². The summed E-state index contributed by atoms with van der Waals surface area (Å²) in [6.45, 7) is 4.15. The van der Waals surface area contributed by atoms with E-state index in [2.05, 4.69) is 138 Å². The summed E-state index contributed by atoms with van der Waals surface area (Å²) in [5.74, 6) is 7.07. The van der Waals surface area contributed by atoms with Crippen LogP contribution in [0.4, 0.5) is 0 Å². The van der Waals surface area contributed by atoms with Crippen LogP contribution in [-0.2, 0) is 0 Å². The van der Waals surface area contributed by atoms with Crippen LogP contribution in [0.1, 0.15) is 27.8 Å². The average molecular weight is 562 g/mol. The van der Waals surface area contributed by atoms with E-state index in [1.807, 2.05) is 30.3 Å². The van der Waals surface area contributed by atoms with Gasteiger partial charge in [-0.15, -0.1) is 0 Å². The molecule has 0 atom stereocenters. The number of benzene rings is 6. The van der Waals surface area contributed by atoms with Crippen molar-refractivity contribution in [3.63, 3.8) is 0 Å². The molecule has 8 rings (SSSR count). The molecular formula is C41H27N3. The average Bonchev–Trinajstić information content (AvgIpc) is 3.59. The Kier molecular flexibility index (Phi) is 5.86. The van der Waals surface area contributed by atoms with Gasteiger partial charge in [0.25, 0.3) is 0 Å². The number of nitriles is 1. The van der Waals surface area contributed by atoms with Crippen LogP contribution in [0.15, 0.2) is 127 Å². The van der Waals surface area contributed by atoms with Crippen LogP contribution in [0, 0.1) is 37.0 Å². The van der Waals surface area contributed by atoms with Crippen molar-refractivity contribution in [2.45, 2.75) is 13.8 Å². The lowest BCUT2D eigenvalue weighted by Gasteiger charge is -2.23. The van der Waals surface area contributed by atoms with Gasteiger partial charge in [-0.25, -0.2) is 0 Å². The Labute approximate surface area is 255 Å². The lowest BCUT2D eigenvalue weighted by molar-refractivity contribution is 1.06. The van der Waals surface area contributed by atoms with Gasteiger partial charge in [-0.2, -0.15) is 5.26 Å². The molecule has 0 aliphatic carbocycles. The smallest absolute Gasteiger partial charge is 0.102 e. The van der Waals surface area contributed by atoms with Crippen LogP contribution < -0.4 is 0 Å². The number of rotatable bonds is 2. The Morgan fingerprint density at radius 1 is 0.432 bits per heavy atom. The van der Waals surface area contributed by atoms with E-state index >= 15 is 0 Å². The van der Waals surface area contributed by atoms with Crippen LogP contribution in [0.3, 0.4) is 0 Å². The highest BCUT2D eigenvalue weighted by molar-refractivity contribution is 6.12. The van der Waals surface area contributed by atoms with Crippen LogP contribution >= 0.6 is 0 Å². The molecule has 0 aliphatic heterocycles. The van der Waals surface area contributed by atoms with Crippen molar-refractivity contribution < 1.29 is 0 Å². The summed E-state index contributed by atoms with van der Waals surface area (Å²) in [6, 6.07) is 46.7. The third-order valence-corrected chi connectivity index (χ3v) is 8.84. The van der Waals surface area contributed by atoms with Crippen LogP contribution in [-0.4, -0.2) is 9.13 Å². The second kappa shape index (κ2) is 10.1. The van der Waals surface area contributed by atoms with Crippen molar-refractivity contribution in [2.75, 3.05) is 0 Å². The molecule has 0 bridgehead atoms. The van der Waals surface area contributed by atoms with Crippen molar-refractivity contribution >= 4 is 43.6 Å². The summed E-state index contributed by atoms with van der Waals surface area (Å²) >= 11 is 0. The minimum absolute atomic E-state index is 0.649. The van der Waals surface area contributed by atoms with E-state index in [-0.39, 0.29) is 0 Å². The number of fused-ring (bicyclic) bond motifs is 6. The SMILES string of the molecule is Cc1c(C)c(C#Cc2ccccc2)c(-n2c3ccccc3c3ccccc32)c(-n2c3ccccc3c3ccccc32)c1C#N. The lowest BCUT2D eigenvalue weighted by Crippen LogP contribution is -2.12. The molecule has 206 valence electrons. The molecule has 0 unspecified atom stereocenters. The van der Waals surface area contributed by atoms with Gasteiger partial charge in [0, 0.05) is 27.1 Å². The minimum Gasteiger partial charge on any atom is -0.306 e. The third kappa shape index (κ3) is 3.70. The monoisotopic (exact) mass is 561 g/mol. The molecule has 0 N–H and O–H groups in total. The minimum atomic E-state index is 0.649. The van der Waals surface area contributed by atoms with Crippen LogP contribution in [0.5, 0.6) is 0 Å². The van der Waals surface area contributed by atoms with Gasteiger partial charge in [0.05, 0.1) is 44.6 Å². The zero-order valence-electron chi connectivity index (χ0n) is 24.5. The fourth-order valence-corrected chi connectivity index (χ4v) is 6.68. The third-order valence-electron chi connectivity index (χ3n) is 8.84. The predicted molar refractivity (Wildman–Crippen MR) is 182 cm³/mol. The van der Waals surface area contributed by atoms with Gasteiger partial charge in [0.1, 0.15) is 6.07 Å². The molecule has 3 heteroatoms. The highest BCUT2D eigenvalue weighted by Gasteiger charge is 2.27. The van der Waals surface area contributed by atoms with E-state index in [1.54, 1.807) is 0 Å². The van der Waals surface area contributed by atoms with E-state index in [4.69, 9.17) is 0 Å². The number of nitrogens with zero attached hydrogens (tertiary/aromatic N) is 3.